The van der Waals surface area contributed by atoms with Crippen LogP contribution in [0.5, 0.6) is 0 Å². The molecule has 0 unspecified atom stereocenters. The van der Waals surface area contributed by atoms with E-state index in [1.807, 2.05) is 6.07 Å². The van der Waals surface area contributed by atoms with Crippen molar-refractivity contribution < 1.29 is 4.84 Å². The monoisotopic (exact) mass is 376 g/mol. The zero-order chi connectivity index (χ0) is 17.8. The summed E-state index contributed by atoms with van der Waals surface area (Å²) in [7, 11) is 0. The Morgan fingerprint density at radius 3 is 2.80 bits per heavy atom. The van der Waals surface area contributed by atoms with E-state index < -0.39 is 0 Å². The summed E-state index contributed by atoms with van der Waals surface area (Å²) in [5.74, 6) is 0.182. The Bertz CT molecular complexity index is 1000. The number of benzene rings is 2. The van der Waals surface area contributed by atoms with E-state index in [2.05, 4.69) is 15.5 Å². The predicted molar refractivity (Wildman–Crippen MR) is 101 cm³/mol. The van der Waals surface area contributed by atoms with Crippen LogP contribution in [-0.4, -0.2) is 22.5 Å². The molecular weight excluding hydrogens is 363 g/mol. The van der Waals surface area contributed by atoms with E-state index in [0.717, 1.165) is 10.3 Å². The third-order valence-electron chi connectivity index (χ3n) is 3.32. The molecule has 0 aliphatic heterocycles. The second-order valence-corrected chi connectivity index (χ2v) is 5.83. The van der Waals surface area contributed by atoms with Crippen LogP contribution >= 0.6 is 23.2 Å². The summed E-state index contributed by atoms with van der Waals surface area (Å²) in [5.41, 5.74) is 3.72. The van der Waals surface area contributed by atoms with E-state index in [0.29, 0.717) is 27.6 Å². The Morgan fingerprint density at radius 2 is 2.04 bits per heavy atom. The van der Waals surface area contributed by atoms with Gasteiger partial charge in [-0.05, 0) is 36.8 Å². The van der Waals surface area contributed by atoms with Crippen LogP contribution in [0.1, 0.15) is 12.5 Å². The minimum atomic E-state index is -0.306. The third-order valence-corrected chi connectivity index (χ3v) is 4.06. The third kappa shape index (κ3) is 3.75. The topological polar surface area (TPSA) is 68.5 Å². The summed E-state index contributed by atoms with van der Waals surface area (Å²) in [6.45, 7) is 2.09. The number of aromatic nitrogens is 2. The van der Waals surface area contributed by atoms with Crippen LogP contribution in [0.4, 0.5) is 5.95 Å². The summed E-state index contributed by atoms with van der Waals surface area (Å²) in [5, 5.41) is 5.46. The number of hydrogen-bond acceptors (Lipinski definition) is 5. The lowest BCUT2D eigenvalue weighted by atomic mass is 10.2. The molecule has 0 saturated carbocycles. The van der Waals surface area contributed by atoms with Gasteiger partial charge in [0.25, 0.3) is 11.5 Å². The van der Waals surface area contributed by atoms with Gasteiger partial charge in [-0.1, -0.05) is 41.4 Å². The van der Waals surface area contributed by atoms with Gasteiger partial charge in [-0.25, -0.2) is 10.4 Å². The molecule has 2 aromatic carbocycles. The molecule has 25 heavy (non-hydrogen) atoms. The second-order valence-electron chi connectivity index (χ2n) is 5.01. The summed E-state index contributed by atoms with van der Waals surface area (Å²) in [6.07, 6.45) is 1.54. The first-order valence-corrected chi connectivity index (χ1v) is 8.25. The van der Waals surface area contributed by atoms with Gasteiger partial charge in [0.15, 0.2) is 0 Å². The highest BCUT2D eigenvalue weighted by Crippen LogP contribution is 2.21. The number of anilines is 1. The van der Waals surface area contributed by atoms with Crippen LogP contribution < -0.4 is 15.8 Å². The Hall–Kier alpha value is -2.57. The SMILES string of the molecule is CCOn1c(N/N=C/c2ccc(Cl)c(Cl)c2)nc2ccccc2c1=O. The molecule has 8 heteroatoms. The minimum Gasteiger partial charge on any atom is -0.408 e. The Kier molecular flexibility index (Phi) is 5.21. The van der Waals surface area contributed by atoms with Crippen LogP contribution in [0, 0.1) is 0 Å². The van der Waals surface area contributed by atoms with Gasteiger partial charge in [-0.2, -0.15) is 5.10 Å². The number of hydrazone groups is 1. The first-order chi connectivity index (χ1) is 12.1. The summed E-state index contributed by atoms with van der Waals surface area (Å²) in [6, 6.07) is 12.2. The first-order valence-electron chi connectivity index (χ1n) is 7.49. The van der Waals surface area contributed by atoms with Crippen molar-refractivity contribution in [3.8, 4) is 0 Å². The maximum Gasteiger partial charge on any atom is 0.295 e. The number of rotatable bonds is 5. The van der Waals surface area contributed by atoms with Gasteiger partial charge >= 0.3 is 0 Å². The van der Waals surface area contributed by atoms with Crippen molar-refractivity contribution in [3.05, 3.63) is 68.4 Å². The molecule has 0 saturated heterocycles. The average Bonchev–Trinajstić information content (AvgIpc) is 2.61. The Morgan fingerprint density at radius 1 is 1.24 bits per heavy atom. The van der Waals surface area contributed by atoms with Crippen molar-refractivity contribution >= 4 is 46.3 Å². The van der Waals surface area contributed by atoms with Crippen molar-refractivity contribution in [3.63, 3.8) is 0 Å². The predicted octanol–water partition coefficient (Wildman–Crippen LogP) is 3.60. The highest BCUT2D eigenvalue weighted by atomic mass is 35.5. The lowest BCUT2D eigenvalue weighted by Gasteiger charge is -2.11. The van der Waals surface area contributed by atoms with Crippen LogP contribution in [-0.2, 0) is 0 Å². The lowest BCUT2D eigenvalue weighted by molar-refractivity contribution is 0.117. The maximum absolute atomic E-state index is 12.5. The van der Waals surface area contributed by atoms with Crippen molar-refractivity contribution in [2.75, 3.05) is 12.0 Å². The maximum atomic E-state index is 12.5. The molecule has 0 spiro atoms. The molecule has 0 fully saturated rings. The van der Waals surface area contributed by atoms with E-state index in [-0.39, 0.29) is 11.5 Å². The van der Waals surface area contributed by atoms with Crippen molar-refractivity contribution in [1.82, 2.24) is 9.71 Å². The van der Waals surface area contributed by atoms with E-state index in [9.17, 15) is 4.79 Å². The van der Waals surface area contributed by atoms with Crippen LogP contribution in [0.15, 0.2) is 52.4 Å². The molecule has 1 heterocycles. The highest BCUT2D eigenvalue weighted by Gasteiger charge is 2.11. The molecule has 0 aliphatic rings. The number of para-hydroxylation sites is 1. The minimum absolute atomic E-state index is 0.182. The molecule has 3 aromatic rings. The van der Waals surface area contributed by atoms with E-state index in [1.54, 1.807) is 49.5 Å². The number of hydrogen-bond donors (Lipinski definition) is 1. The van der Waals surface area contributed by atoms with Gasteiger partial charge in [0.05, 0.1) is 27.2 Å². The second kappa shape index (κ2) is 7.55. The van der Waals surface area contributed by atoms with Crippen LogP contribution in [0.25, 0.3) is 10.9 Å². The van der Waals surface area contributed by atoms with Gasteiger partial charge in [-0.3, -0.25) is 4.79 Å². The fourth-order valence-electron chi connectivity index (χ4n) is 2.19. The summed E-state index contributed by atoms with van der Waals surface area (Å²) in [4.78, 5) is 22.3. The zero-order valence-electron chi connectivity index (χ0n) is 13.2. The first kappa shape index (κ1) is 17.3. The molecule has 0 radical (unpaired) electrons. The fourth-order valence-corrected chi connectivity index (χ4v) is 2.50. The van der Waals surface area contributed by atoms with Crippen LogP contribution in [0.2, 0.25) is 10.0 Å². The molecule has 128 valence electrons. The molecule has 1 aromatic heterocycles. The standard InChI is InChI=1S/C17H14Cl2N4O2/c1-2-25-23-16(24)12-5-3-4-6-15(12)21-17(23)22-20-10-11-7-8-13(18)14(19)9-11/h3-10H,2H2,1H3,(H,21,22)/b20-10+. The summed E-state index contributed by atoms with van der Waals surface area (Å²) < 4.78 is 1.09. The summed E-state index contributed by atoms with van der Waals surface area (Å²) >= 11 is 11.9. The molecule has 6 nitrogen and oxygen atoms in total. The van der Waals surface area contributed by atoms with Gasteiger partial charge in [0.2, 0.25) is 0 Å². The highest BCUT2D eigenvalue weighted by molar-refractivity contribution is 6.42. The molecule has 0 bridgehead atoms. The van der Waals surface area contributed by atoms with E-state index >= 15 is 0 Å². The smallest absolute Gasteiger partial charge is 0.295 e. The molecule has 3 rings (SSSR count). The van der Waals surface area contributed by atoms with Crippen molar-refractivity contribution in [1.29, 1.82) is 0 Å². The fraction of sp³-hybridized carbons (Fsp3) is 0.118. The number of nitrogens with one attached hydrogen (secondary N) is 1. The normalized spacial score (nSPS) is 11.2. The van der Waals surface area contributed by atoms with Crippen molar-refractivity contribution in [2.45, 2.75) is 6.92 Å². The molecule has 0 atom stereocenters. The van der Waals surface area contributed by atoms with E-state index in [1.165, 1.54) is 0 Å². The largest absolute Gasteiger partial charge is 0.408 e. The molecule has 0 aliphatic carbocycles. The Labute approximate surface area is 153 Å². The molecule has 0 amide bonds. The van der Waals surface area contributed by atoms with Crippen molar-refractivity contribution in [2.24, 2.45) is 5.10 Å². The quantitative estimate of drug-likeness (QED) is 0.545. The molecule has 1 N–H and O–H groups in total. The molecular formula is C17H14Cl2N4O2. The van der Waals surface area contributed by atoms with Gasteiger partial charge in [-0.15, -0.1) is 4.73 Å². The van der Waals surface area contributed by atoms with Gasteiger partial charge in [0.1, 0.15) is 6.61 Å². The van der Waals surface area contributed by atoms with Crippen LogP contribution in [0.3, 0.4) is 0 Å². The van der Waals surface area contributed by atoms with Gasteiger partial charge < -0.3 is 4.84 Å². The van der Waals surface area contributed by atoms with E-state index in [4.69, 9.17) is 28.0 Å². The lowest BCUT2D eigenvalue weighted by Crippen LogP contribution is -2.30. The zero-order valence-corrected chi connectivity index (χ0v) is 14.8. The Balaban J connectivity index is 1.94. The number of fused-ring (bicyclic) bond motifs is 1. The van der Waals surface area contributed by atoms with Gasteiger partial charge in [0, 0.05) is 0 Å². The average molecular weight is 377 g/mol. The number of nitrogens with zero attached hydrogens (tertiary/aromatic N) is 3. The number of halogens is 2.